The second-order valence-corrected chi connectivity index (χ2v) is 6.92. The van der Waals surface area contributed by atoms with Gasteiger partial charge in [-0.15, -0.1) is 11.3 Å². The average molecular weight is 287 g/mol. The van der Waals surface area contributed by atoms with E-state index in [1.54, 1.807) is 4.88 Å². The summed E-state index contributed by atoms with van der Waals surface area (Å²) in [6.07, 6.45) is 8.11. The van der Waals surface area contributed by atoms with Gasteiger partial charge in [-0.1, -0.05) is 35.7 Å². The quantitative estimate of drug-likeness (QED) is 0.700. The largest absolute Gasteiger partial charge is 0.145 e. The summed E-state index contributed by atoms with van der Waals surface area (Å²) >= 11 is 5.85. The Bertz CT molecular complexity index is 305. The van der Waals surface area contributed by atoms with Gasteiger partial charge in [-0.3, -0.25) is 0 Å². The van der Waals surface area contributed by atoms with Crippen LogP contribution in [0.15, 0.2) is 12.1 Å². The van der Waals surface area contributed by atoms with Crippen molar-refractivity contribution in [2.75, 3.05) is 0 Å². The molecule has 2 heteroatoms. The third kappa shape index (κ3) is 3.07. The van der Waals surface area contributed by atoms with Crippen LogP contribution in [0.1, 0.15) is 42.4 Å². The molecule has 0 nitrogen and oxygen atoms in total. The van der Waals surface area contributed by atoms with E-state index in [1.807, 2.05) is 11.3 Å². The highest BCUT2D eigenvalue weighted by atomic mass is 79.9. The van der Waals surface area contributed by atoms with Crippen molar-refractivity contribution in [1.82, 2.24) is 0 Å². The van der Waals surface area contributed by atoms with Crippen LogP contribution in [-0.4, -0.2) is 4.83 Å². The summed E-state index contributed by atoms with van der Waals surface area (Å²) in [7, 11) is 0. The Hall–Kier alpha value is 0.180. The summed E-state index contributed by atoms with van der Waals surface area (Å²) < 4.78 is 0. The van der Waals surface area contributed by atoms with Gasteiger partial charge in [-0.25, -0.2) is 0 Å². The number of hydrogen-bond acceptors (Lipinski definition) is 1. The lowest BCUT2D eigenvalue weighted by atomic mass is 9.86. The van der Waals surface area contributed by atoms with Crippen molar-refractivity contribution >= 4 is 27.3 Å². The minimum absolute atomic E-state index is 0.762. The maximum absolute atomic E-state index is 3.84. The molecule has 1 heterocycles. The number of hydrogen-bond donors (Lipinski definition) is 0. The molecule has 2 atom stereocenters. The van der Waals surface area contributed by atoms with Gasteiger partial charge in [0.05, 0.1) is 0 Å². The molecule has 1 aromatic rings. The van der Waals surface area contributed by atoms with Gasteiger partial charge in [0.2, 0.25) is 0 Å². The minimum atomic E-state index is 0.762. The molecule has 15 heavy (non-hydrogen) atoms. The van der Waals surface area contributed by atoms with Crippen LogP contribution in [0.5, 0.6) is 0 Å². The number of alkyl halides is 1. The van der Waals surface area contributed by atoms with E-state index in [-0.39, 0.29) is 0 Å². The third-order valence-electron chi connectivity index (χ3n) is 3.35. The van der Waals surface area contributed by atoms with Gasteiger partial charge >= 0.3 is 0 Å². The van der Waals surface area contributed by atoms with Crippen molar-refractivity contribution < 1.29 is 0 Å². The van der Waals surface area contributed by atoms with Crippen LogP contribution in [0.2, 0.25) is 0 Å². The molecule has 0 saturated heterocycles. The second kappa shape index (κ2) is 5.49. The van der Waals surface area contributed by atoms with Gasteiger partial charge in [0.15, 0.2) is 0 Å². The molecule has 0 aromatic carbocycles. The van der Waals surface area contributed by atoms with Gasteiger partial charge in [0.25, 0.3) is 0 Å². The van der Waals surface area contributed by atoms with Crippen molar-refractivity contribution in [2.24, 2.45) is 5.92 Å². The summed E-state index contributed by atoms with van der Waals surface area (Å²) in [5.74, 6) is 0.877. The zero-order valence-electron chi connectivity index (χ0n) is 9.34. The maximum Gasteiger partial charge on any atom is 0.0177 e. The van der Waals surface area contributed by atoms with Gasteiger partial charge in [0.1, 0.15) is 0 Å². The number of halogens is 1. The first-order valence-corrected chi connectivity index (χ1v) is 7.74. The Morgan fingerprint density at radius 3 is 2.67 bits per heavy atom. The van der Waals surface area contributed by atoms with E-state index in [4.69, 9.17) is 0 Å². The Morgan fingerprint density at radius 1 is 1.27 bits per heavy atom. The standard InChI is InChI=1S/C13H19BrS/c1-2-11-7-8-12(15-11)9-10-5-3-4-6-13(10)14/h7-8,10,13H,2-6,9H2,1H3. The van der Waals surface area contributed by atoms with Gasteiger partial charge in [-0.05, 0) is 43.7 Å². The van der Waals surface area contributed by atoms with Crippen LogP contribution in [0.3, 0.4) is 0 Å². The van der Waals surface area contributed by atoms with Gasteiger partial charge in [-0.2, -0.15) is 0 Å². The van der Waals surface area contributed by atoms with E-state index in [0.717, 1.165) is 10.7 Å². The normalized spacial score (nSPS) is 26.8. The molecule has 1 aliphatic carbocycles. The molecule has 0 aliphatic heterocycles. The molecule has 0 bridgehead atoms. The Labute approximate surface area is 105 Å². The minimum Gasteiger partial charge on any atom is -0.145 e. The lowest BCUT2D eigenvalue weighted by molar-refractivity contribution is 0.375. The monoisotopic (exact) mass is 286 g/mol. The summed E-state index contributed by atoms with van der Waals surface area (Å²) in [4.78, 5) is 3.88. The van der Waals surface area contributed by atoms with Crippen molar-refractivity contribution in [3.8, 4) is 0 Å². The van der Waals surface area contributed by atoms with Crippen LogP contribution >= 0.6 is 27.3 Å². The smallest absolute Gasteiger partial charge is 0.0177 e. The highest BCUT2D eigenvalue weighted by Gasteiger charge is 2.23. The lowest BCUT2D eigenvalue weighted by Gasteiger charge is -2.26. The first kappa shape index (κ1) is 11.7. The molecule has 1 saturated carbocycles. The Balaban J connectivity index is 1.95. The number of thiophene rings is 1. The van der Waals surface area contributed by atoms with Crippen LogP contribution in [-0.2, 0) is 12.8 Å². The van der Waals surface area contributed by atoms with Crippen molar-refractivity contribution in [1.29, 1.82) is 0 Å². The van der Waals surface area contributed by atoms with Crippen molar-refractivity contribution in [3.05, 3.63) is 21.9 Å². The van der Waals surface area contributed by atoms with E-state index in [0.29, 0.717) is 0 Å². The van der Waals surface area contributed by atoms with Gasteiger partial charge < -0.3 is 0 Å². The Morgan fingerprint density at radius 2 is 2.00 bits per heavy atom. The third-order valence-corrected chi connectivity index (χ3v) is 5.80. The van der Waals surface area contributed by atoms with E-state index in [2.05, 4.69) is 35.0 Å². The van der Waals surface area contributed by atoms with E-state index in [9.17, 15) is 0 Å². The summed E-state index contributed by atoms with van der Waals surface area (Å²) in [6, 6.07) is 4.63. The second-order valence-electron chi connectivity index (χ2n) is 4.49. The molecule has 84 valence electrons. The first-order valence-electron chi connectivity index (χ1n) is 6.01. The van der Waals surface area contributed by atoms with E-state index in [1.165, 1.54) is 43.4 Å². The lowest BCUT2D eigenvalue weighted by Crippen LogP contribution is -2.20. The molecule has 2 rings (SSSR count). The van der Waals surface area contributed by atoms with E-state index < -0.39 is 0 Å². The van der Waals surface area contributed by atoms with E-state index >= 15 is 0 Å². The predicted octanol–water partition coefficient (Wildman–Crippen LogP) is 4.81. The molecule has 1 aliphatic rings. The predicted molar refractivity (Wildman–Crippen MR) is 72.1 cm³/mol. The summed E-state index contributed by atoms with van der Waals surface area (Å²) in [5.41, 5.74) is 0. The molecule has 0 amide bonds. The number of rotatable bonds is 3. The molecule has 2 unspecified atom stereocenters. The molecule has 0 N–H and O–H groups in total. The Kier molecular flexibility index (Phi) is 4.27. The molecular weight excluding hydrogens is 268 g/mol. The molecule has 0 radical (unpaired) electrons. The maximum atomic E-state index is 3.84. The highest BCUT2D eigenvalue weighted by molar-refractivity contribution is 9.09. The van der Waals surface area contributed by atoms with Crippen LogP contribution in [0.4, 0.5) is 0 Å². The highest BCUT2D eigenvalue weighted by Crippen LogP contribution is 2.33. The van der Waals surface area contributed by atoms with Crippen molar-refractivity contribution in [2.45, 2.75) is 50.3 Å². The zero-order chi connectivity index (χ0) is 10.7. The fraction of sp³-hybridized carbons (Fsp3) is 0.692. The SMILES string of the molecule is CCc1ccc(CC2CCCCC2Br)s1. The fourth-order valence-electron chi connectivity index (χ4n) is 2.37. The fourth-order valence-corrected chi connectivity index (χ4v) is 4.20. The van der Waals surface area contributed by atoms with Crippen LogP contribution in [0.25, 0.3) is 0 Å². The van der Waals surface area contributed by atoms with Crippen molar-refractivity contribution in [3.63, 3.8) is 0 Å². The van der Waals surface area contributed by atoms with Crippen LogP contribution in [0, 0.1) is 5.92 Å². The molecule has 1 fully saturated rings. The van der Waals surface area contributed by atoms with Gasteiger partial charge in [0, 0.05) is 14.6 Å². The average Bonchev–Trinajstić information content (AvgIpc) is 2.69. The number of aryl methyl sites for hydroxylation is 1. The topological polar surface area (TPSA) is 0 Å². The van der Waals surface area contributed by atoms with Crippen LogP contribution < -0.4 is 0 Å². The zero-order valence-corrected chi connectivity index (χ0v) is 11.7. The first-order chi connectivity index (χ1) is 7.29. The summed E-state index contributed by atoms with van der Waals surface area (Å²) in [5, 5.41) is 0. The molecular formula is C13H19BrS. The summed E-state index contributed by atoms with van der Waals surface area (Å²) in [6.45, 7) is 2.24. The molecule has 0 spiro atoms. The molecule has 1 aromatic heterocycles.